The van der Waals surface area contributed by atoms with Gasteiger partial charge in [-0.3, -0.25) is 24.0 Å². The van der Waals surface area contributed by atoms with Gasteiger partial charge in [-0.15, -0.1) is 0 Å². The largest absolute Gasteiger partial charge is 0.497 e. The predicted molar refractivity (Wildman–Crippen MR) is 167 cm³/mol. The quantitative estimate of drug-likeness (QED) is 0.214. The monoisotopic (exact) mass is 640 g/mol. The summed E-state index contributed by atoms with van der Waals surface area (Å²) < 4.78 is 47.9. The van der Waals surface area contributed by atoms with Crippen LogP contribution in [0.4, 0.5) is 15.8 Å². The molecule has 0 bridgehead atoms. The Balaban J connectivity index is 1.72. The number of halogens is 1. The van der Waals surface area contributed by atoms with Gasteiger partial charge in [-0.05, 0) is 74.7 Å². The number of methoxy groups -OCH3 is 1. The summed E-state index contributed by atoms with van der Waals surface area (Å²) in [5.41, 5.74) is 0.529. The first-order valence-corrected chi connectivity index (χ1v) is 16.1. The number of benzene rings is 3. The van der Waals surface area contributed by atoms with Gasteiger partial charge in [0.1, 0.15) is 24.2 Å². The second kappa shape index (κ2) is 14.5. The maximum atomic E-state index is 14.1. The SMILES string of the molecule is COc1ccc(N(CC(=O)N(Cc2ccc(F)cc2)[C@H](C)C(=O)NC2CCCCC2)S(=O)(=O)c2ccc(C)c([N+](=O)[O-])c2)cc1. The van der Waals surface area contributed by atoms with Gasteiger partial charge in [0.15, 0.2) is 0 Å². The zero-order valence-corrected chi connectivity index (χ0v) is 26.3. The molecule has 0 heterocycles. The summed E-state index contributed by atoms with van der Waals surface area (Å²) in [6, 6.07) is 13.9. The van der Waals surface area contributed by atoms with E-state index in [4.69, 9.17) is 4.74 Å². The number of ether oxygens (including phenoxy) is 1. The lowest BCUT2D eigenvalue weighted by Crippen LogP contribution is -2.53. The number of carbonyl (C=O) groups is 2. The van der Waals surface area contributed by atoms with Crippen molar-refractivity contribution in [1.29, 1.82) is 0 Å². The van der Waals surface area contributed by atoms with Crippen LogP contribution in [-0.4, -0.2) is 55.8 Å². The molecule has 2 amide bonds. The predicted octanol–water partition coefficient (Wildman–Crippen LogP) is 5.11. The minimum Gasteiger partial charge on any atom is -0.497 e. The van der Waals surface area contributed by atoms with Gasteiger partial charge in [0.2, 0.25) is 11.8 Å². The highest BCUT2D eigenvalue weighted by molar-refractivity contribution is 7.92. The molecule has 13 heteroatoms. The van der Waals surface area contributed by atoms with Crippen LogP contribution >= 0.6 is 0 Å². The van der Waals surface area contributed by atoms with Crippen molar-refractivity contribution >= 4 is 33.2 Å². The minimum atomic E-state index is -4.53. The Bertz CT molecular complexity index is 1630. The molecule has 1 N–H and O–H groups in total. The fourth-order valence-electron chi connectivity index (χ4n) is 5.29. The zero-order chi connectivity index (χ0) is 32.7. The van der Waals surface area contributed by atoms with E-state index in [2.05, 4.69) is 5.32 Å². The molecule has 240 valence electrons. The highest BCUT2D eigenvalue weighted by Crippen LogP contribution is 2.29. The lowest BCUT2D eigenvalue weighted by Gasteiger charge is -2.33. The molecule has 0 saturated heterocycles. The van der Waals surface area contributed by atoms with Crippen LogP contribution in [-0.2, 0) is 26.2 Å². The maximum absolute atomic E-state index is 14.1. The molecule has 11 nitrogen and oxygen atoms in total. The van der Waals surface area contributed by atoms with Crippen molar-refractivity contribution in [3.63, 3.8) is 0 Å². The molecule has 3 aromatic rings. The molecule has 1 saturated carbocycles. The van der Waals surface area contributed by atoms with E-state index < -0.39 is 39.3 Å². The third-order valence-electron chi connectivity index (χ3n) is 7.99. The lowest BCUT2D eigenvalue weighted by atomic mass is 9.95. The van der Waals surface area contributed by atoms with E-state index in [1.54, 1.807) is 6.92 Å². The standard InChI is InChI=1S/C32H37FN4O7S/c1-22-9-18-29(19-30(22)37(40)41)45(42,43)36(27-14-16-28(44-3)17-15-27)21-31(38)35(20-24-10-12-25(33)13-11-24)23(2)32(39)34-26-7-5-4-6-8-26/h9-19,23,26H,4-8,20-21H2,1-3H3,(H,34,39)/t23-/m1/s1. The van der Waals surface area contributed by atoms with Crippen molar-refractivity contribution in [2.75, 3.05) is 18.0 Å². The van der Waals surface area contributed by atoms with Crippen LogP contribution < -0.4 is 14.4 Å². The van der Waals surface area contributed by atoms with E-state index >= 15 is 0 Å². The fourth-order valence-corrected chi connectivity index (χ4v) is 6.72. The molecule has 0 aromatic heterocycles. The molecule has 0 unspecified atom stereocenters. The van der Waals surface area contributed by atoms with Gasteiger partial charge in [-0.25, -0.2) is 12.8 Å². The van der Waals surface area contributed by atoms with Gasteiger partial charge in [-0.2, -0.15) is 0 Å². The first-order valence-electron chi connectivity index (χ1n) is 14.7. The Morgan fingerprint density at radius 1 is 1.04 bits per heavy atom. The summed E-state index contributed by atoms with van der Waals surface area (Å²) >= 11 is 0. The summed E-state index contributed by atoms with van der Waals surface area (Å²) in [7, 11) is -3.08. The van der Waals surface area contributed by atoms with Gasteiger partial charge >= 0.3 is 0 Å². The maximum Gasteiger partial charge on any atom is 0.273 e. The first kappa shape index (κ1) is 33.4. The molecular weight excluding hydrogens is 603 g/mol. The lowest BCUT2D eigenvalue weighted by molar-refractivity contribution is -0.385. The van der Waals surface area contributed by atoms with Crippen LogP contribution in [0.25, 0.3) is 0 Å². The van der Waals surface area contributed by atoms with Crippen molar-refractivity contribution in [3.8, 4) is 5.75 Å². The van der Waals surface area contributed by atoms with E-state index in [1.165, 1.54) is 79.6 Å². The van der Waals surface area contributed by atoms with Crippen molar-refractivity contribution < 1.29 is 32.1 Å². The van der Waals surface area contributed by atoms with E-state index in [1.807, 2.05) is 0 Å². The second-order valence-electron chi connectivity index (χ2n) is 11.1. The molecular formula is C32H37FN4O7S. The molecule has 0 spiro atoms. The number of aryl methyl sites for hydroxylation is 1. The third-order valence-corrected chi connectivity index (χ3v) is 9.76. The van der Waals surface area contributed by atoms with Crippen molar-refractivity contribution in [3.05, 3.63) is 93.8 Å². The van der Waals surface area contributed by atoms with Gasteiger partial charge < -0.3 is 15.0 Å². The smallest absolute Gasteiger partial charge is 0.273 e. The van der Waals surface area contributed by atoms with E-state index in [0.717, 1.165) is 42.5 Å². The first-order chi connectivity index (χ1) is 21.4. The second-order valence-corrected chi connectivity index (χ2v) is 12.9. The molecule has 45 heavy (non-hydrogen) atoms. The average molecular weight is 641 g/mol. The number of nitro groups is 1. The summed E-state index contributed by atoms with van der Waals surface area (Å²) in [4.78, 5) is 39.3. The number of nitro benzene ring substituents is 1. The summed E-state index contributed by atoms with van der Waals surface area (Å²) in [5.74, 6) is -1.11. The Morgan fingerprint density at radius 3 is 2.29 bits per heavy atom. The van der Waals surface area contributed by atoms with Crippen LogP contribution in [0.5, 0.6) is 5.75 Å². The Hall–Kier alpha value is -4.52. The molecule has 0 aliphatic heterocycles. The van der Waals surface area contributed by atoms with Crippen LogP contribution in [0.2, 0.25) is 0 Å². The summed E-state index contributed by atoms with van der Waals surface area (Å²) in [5, 5.41) is 14.6. The van der Waals surface area contributed by atoms with Crippen molar-refractivity contribution in [1.82, 2.24) is 10.2 Å². The summed E-state index contributed by atoms with van der Waals surface area (Å²) in [6.07, 6.45) is 4.73. The number of anilines is 1. The average Bonchev–Trinajstić information content (AvgIpc) is 3.03. The number of hydrogen-bond donors (Lipinski definition) is 1. The highest BCUT2D eigenvalue weighted by atomic mass is 32.2. The number of rotatable bonds is 12. The topological polar surface area (TPSA) is 139 Å². The highest BCUT2D eigenvalue weighted by Gasteiger charge is 2.34. The van der Waals surface area contributed by atoms with E-state index in [-0.39, 0.29) is 40.3 Å². The summed E-state index contributed by atoms with van der Waals surface area (Å²) in [6.45, 7) is 2.24. The normalized spacial score (nSPS) is 14.3. The van der Waals surface area contributed by atoms with Gasteiger partial charge in [0.25, 0.3) is 15.7 Å². The molecule has 3 aromatic carbocycles. The fraction of sp³-hybridized carbons (Fsp3) is 0.375. The number of sulfonamides is 1. The number of carbonyl (C=O) groups excluding carboxylic acids is 2. The zero-order valence-electron chi connectivity index (χ0n) is 25.4. The Morgan fingerprint density at radius 2 is 1.69 bits per heavy atom. The number of nitrogens with one attached hydrogen (secondary N) is 1. The van der Waals surface area contributed by atoms with Gasteiger partial charge in [0.05, 0.1) is 22.6 Å². The molecule has 1 atom stereocenters. The van der Waals surface area contributed by atoms with Crippen molar-refractivity contribution in [2.24, 2.45) is 0 Å². The van der Waals surface area contributed by atoms with Gasteiger partial charge in [0, 0.05) is 24.2 Å². The molecule has 1 aliphatic rings. The Kier molecular flexibility index (Phi) is 10.8. The molecule has 1 aliphatic carbocycles. The van der Waals surface area contributed by atoms with Crippen LogP contribution in [0.15, 0.2) is 71.6 Å². The van der Waals surface area contributed by atoms with E-state index in [9.17, 15) is 32.5 Å². The number of nitrogens with zero attached hydrogens (tertiary/aromatic N) is 3. The Labute approximate surface area is 262 Å². The van der Waals surface area contributed by atoms with E-state index in [0.29, 0.717) is 11.3 Å². The molecule has 0 radical (unpaired) electrons. The molecule has 1 fully saturated rings. The molecule has 4 rings (SSSR count). The van der Waals surface area contributed by atoms with Crippen LogP contribution in [0.1, 0.15) is 50.2 Å². The third kappa shape index (κ3) is 8.15. The number of hydrogen-bond acceptors (Lipinski definition) is 7. The van der Waals surface area contributed by atoms with Crippen molar-refractivity contribution in [2.45, 2.75) is 69.5 Å². The van der Waals surface area contributed by atoms with Crippen LogP contribution in [0.3, 0.4) is 0 Å². The number of amides is 2. The van der Waals surface area contributed by atoms with Gasteiger partial charge in [-0.1, -0.05) is 37.5 Å². The van der Waals surface area contributed by atoms with Crippen LogP contribution in [0, 0.1) is 22.9 Å². The minimum absolute atomic E-state index is 0.0232.